The number of amides is 2. The third-order valence-electron chi connectivity index (χ3n) is 4.23. The van der Waals surface area contributed by atoms with Crippen molar-refractivity contribution in [1.82, 2.24) is 19.9 Å². The van der Waals surface area contributed by atoms with E-state index in [2.05, 4.69) is 15.6 Å². The van der Waals surface area contributed by atoms with Crippen LogP contribution >= 0.6 is 0 Å². The predicted octanol–water partition coefficient (Wildman–Crippen LogP) is 1.91. The molecule has 0 fully saturated rings. The van der Waals surface area contributed by atoms with Crippen molar-refractivity contribution < 1.29 is 22.8 Å². The van der Waals surface area contributed by atoms with Gasteiger partial charge in [-0.3, -0.25) is 14.4 Å². The van der Waals surface area contributed by atoms with Crippen molar-refractivity contribution in [2.75, 3.05) is 18.9 Å². The number of aromatic nitrogens is 3. The van der Waals surface area contributed by atoms with E-state index in [1.165, 1.54) is 19.2 Å². The molecule has 0 unspecified atom stereocenters. The number of para-hydroxylation sites is 1. The number of rotatable bonds is 5. The van der Waals surface area contributed by atoms with Gasteiger partial charge in [-0.05, 0) is 24.3 Å². The summed E-state index contributed by atoms with van der Waals surface area (Å²) < 4.78 is 39.9. The van der Waals surface area contributed by atoms with Crippen LogP contribution in [-0.4, -0.2) is 45.3 Å². The molecular weight excluding hydrogens is 403 g/mol. The SMILES string of the molecule is CN(CC(=O)Nc1ccccc1C(F)(F)F)C(=O)Cn1nnc2ccccc2c1=O. The average molecular weight is 419 g/mol. The molecule has 1 N–H and O–H groups in total. The molecule has 1 heterocycles. The number of alkyl halides is 3. The number of likely N-dealkylation sites (N-methyl/N-ethyl adjacent to an activating group) is 1. The molecule has 0 bridgehead atoms. The van der Waals surface area contributed by atoms with Gasteiger partial charge >= 0.3 is 6.18 Å². The zero-order valence-electron chi connectivity index (χ0n) is 15.7. The molecule has 0 aliphatic carbocycles. The summed E-state index contributed by atoms with van der Waals surface area (Å²) in [5, 5.41) is 9.99. The lowest BCUT2D eigenvalue weighted by Crippen LogP contribution is -2.39. The fraction of sp³-hybridized carbons (Fsp3) is 0.211. The molecule has 156 valence electrons. The molecule has 30 heavy (non-hydrogen) atoms. The Kier molecular flexibility index (Phi) is 5.81. The number of nitrogens with one attached hydrogen (secondary N) is 1. The second kappa shape index (κ2) is 8.31. The first-order valence-corrected chi connectivity index (χ1v) is 8.69. The molecule has 3 aromatic rings. The number of halogens is 3. The maximum Gasteiger partial charge on any atom is 0.418 e. The third kappa shape index (κ3) is 4.62. The molecule has 2 amide bonds. The summed E-state index contributed by atoms with van der Waals surface area (Å²) >= 11 is 0. The quantitative estimate of drug-likeness (QED) is 0.682. The van der Waals surface area contributed by atoms with Gasteiger partial charge in [0.2, 0.25) is 11.8 Å². The van der Waals surface area contributed by atoms with Gasteiger partial charge in [0.25, 0.3) is 5.56 Å². The van der Waals surface area contributed by atoms with Crippen LogP contribution in [0.4, 0.5) is 18.9 Å². The number of carbonyl (C=O) groups is 2. The highest BCUT2D eigenvalue weighted by Crippen LogP contribution is 2.34. The molecule has 1 aromatic heterocycles. The van der Waals surface area contributed by atoms with E-state index in [0.29, 0.717) is 5.52 Å². The lowest BCUT2D eigenvalue weighted by atomic mass is 10.1. The molecule has 0 aliphatic rings. The van der Waals surface area contributed by atoms with Gasteiger partial charge in [-0.1, -0.05) is 29.5 Å². The van der Waals surface area contributed by atoms with Crippen molar-refractivity contribution in [3.05, 3.63) is 64.4 Å². The summed E-state index contributed by atoms with van der Waals surface area (Å²) in [5.74, 6) is -1.46. The minimum Gasteiger partial charge on any atom is -0.335 e. The molecule has 0 aliphatic heterocycles. The first-order chi connectivity index (χ1) is 14.2. The van der Waals surface area contributed by atoms with E-state index >= 15 is 0 Å². The molecule has 0 saturated heterocycles. The van der Waals surface area contributed by atoms with Crippen LogP contribution in [0.1, 0.15) is 5.56 Å². The van der Waals surface area contributed by atoms with Crippen LogP contribution in [0, 0.1) is 0 Å². The number of nitrogens with zero attached hydrogens (tertiary/aromatic N) is 4. The molecular formula is C19H16F3N5O3. The highest BCUT2D eigenvalue weighted by atomic mass is 19.4. The van der Waals surface area contributed by atoms with Crippen molar-refractivity contribution in [3.63, 3.8) is 0 Å². The minimum absolute atomic E-state index is 0.282. The molecule has 0 atom stereocenters. The Morgan fingerprint density at radius 2 is 1.77 bits per heavy atom. The molecule has 0 saturated carbocycles. The van der Waals surface area contributed by atoms with Crippen molar-refractivity contribution in [2.24, 2.45) is 0 Å². The second-order valence-electron chi connectivity index (χ2n) is 6.41. The number of hydrogen-bond acceptors (Lipinski definition) is 5. The fourth-order valence-electron chi connectivity index (χ4n) is 2.71. The van der Waals surface area contributed by atoms with Gasteiger partial charge in [-0.2, -0.15) is 13.2 Å². The molecule has 2 aromatic carbocycles. The Morgan fingerprint density at radius 1 is 1.10 bits per heavy atom. The summed E-state index contributed by atoms with van der Waals surface area (Å²) in [6.45, 7) is -0.986. The smallest absolute Gasteiger partial charge is 0.335 e. The highest BCUT2D eigenvalue weighted by molar-refractivity contribution is 5.95. The standard InChI is InChI=1S/C19H16F3N5O3/c1-26(10-16(28)23-15-9-5-3-7-13(15)19(20,21)22)17(29)11-27-18(30)12-6-2-4-8-14(12)24-25-27/h2-9H,10-11H2,1H3,(H,23,28). The number of hydrogen-bond donors (Lipinski definition) is 1. The van der Waals surface area contributed by atoms with Gasteiger partial charge < -0.3 is 10.2 Å². The lowest BCUT2D eigenvalue weighted by Gasteiger charge is -2.18. The second-order valence-corrected chi connectivity index (χ2v) is 6.41. The Bertz CT molecular complexity index is 1160. The van der Waals surface area contributed by atoms with Crippen LogP contribution in [0.5, 0.6) is 0 Å². The van der Waals surface area contributed by atoms with Gasteiger partial charge in [0.05, 0.1) is 23.2 Å². The molecule has 0 radical (unpaired) electrons. The molecule has 0 spiro atoms. The summed E-state index contributed by atoms with van der Waals surface area (Å²) in [5.41, 5.74) is -1.55. The fourth-order valence-corrected chi connectivity index (χ4v) is 2.71. The van der Waals surface area contributed by atoms with E-state index < -0.39 is 47.9 Å². The summed E-state index contributed by atoms with van der Waals surface area (Å²) in [6, 6.07) is 11.0. The maximum absolute atomic E-state index is 13.0. The highest BCUT2D eigenvalue weighted by Gasteiger charge is 2.33. The third-order valence-corrected chi connectivity index (χ3v) is 4.23. The predicted molar refractivity (Wildman–Crippen MR) is 102 cm³/mol. The van der Waals surface area contributed by atoms with Gasteiger partial charge in [0, 0.05) is 7.05 Å². The Labute approximate surface area is 167 Å². The first-order valence-electron chi connectivity index (χ1n) is 8.69. The van der Waals surface area contributed by atoms with E-state index in [-0.39, 0.29) is 5.39 Å². The number of fused-ring (bicyclic) bond motifs is 1. The number of benzene rings is 2. The largest absolute Gasteiger partial charge is 0.418 e. The zero-order chi connectivity index (χ0) is 21.9. The summed E-state index contributed by atoms with van der Waals surface area (Å²) in [6.07, 6.45) is -4.64. The molecule has 8 nitrogen and oxygen atoms in total. The lowest BCUT2D eigenvalue weighted by molar-refractivity contribution is -0.137. The van der Waals surface area contributed by atoms with E-state index in [1.54, 1.807) is 24.3 Å². The van der Waals surface area contributed by atoms with Crippen LogP contribution in [-0.2, 0) is 22.3 Å². The topological polar surface area (TPSA) is 97.2 Å². The van der Waals surface area contributed by atoms with Crippen molar-refractivity contribution >= 4 is 28.4 Å². The van der Waals surface area contributed by atoms with Crippen LogP contribution in [0.15, 0.2) is 53.3 Å². The Morgan fingerprint density at radius 3 is 2.50 bits per heavy atom. The van der Waals surface area contributed by atoms with Crippen molar-refractivity contribution in [1.29, 1.82) is 0 Å². The minimum atomic E-state index is -4.64. The maximum atomic E-state index is 13.0. The Balaban J connectivity index is 1.67. The van der Waals surface area contributed by atoms with Gasteiger partial charge in [-0.25, -0.2) is 4.68 Å². The van der Waals surface area contributed by atoms with Crippen molar-refractivity contribution in [2.45, 2.75) is 12.7 Å². The van der Waals surface area contributed by atoms with Crippen LogP contribution in [0.2, 0.25) is 0 Å². The first kappa shape index (κ1) is 21.0. The van der Waals surface area contributed by atoms with E-state index in [4.69, 9.17) is 0 Å². The van der Waals surface area contributed by atoms with Crippen LogP contribution in [0.3, 0.4) is 0 Å². The van der Waals surface area contributed by atoms with E-state index in [9.17, 15) is 27.6 Å². The van der Waals surface area contributed by atoms with Crippen LogP contribution in [0.25, 0.3) is 10.9 Å². The number of anilines is 1. The van der Waals surface area contributed by atoms with Gasteiger partial charge in [-0.15, -0.1) is 5.10 Å². The molecule has 3 rings (SSSR count). The normalized spacial score (nSPS) is 11.3. The average Bonchev–Trinajstić information content (AvgIpc) is 2.69. The van der Waals surface area contributed by atoms with Crippen LogP contribution < -0.4 is 10.9 Å². The summed E-state index contributed by atoms with van der Waals surface area (Å²) in [4.78, 5) is 37.9. The van der Waals surface area contributed by atoms with Gasteiger partial charge in [0.15, 0.2) is 0 Å². The van der Waals surface area contributed by atoms with E-state index in [1.807, 2.05) is 0 Å². The van der Waals surface area contributed by atoms with E-state index in [0.717, 1.165) is 21.7 Å². The Hall–Kier alpha value is -3.76. The van der Waals surface area contributed by atoms with Crippen molar-refractivity contribution in [3.8, 4) is 0 Å². The van der Waals surface area contributed by atoms with Gasteiger partial charge in [0.1, 0.15) is 12.1 Å². The molecule has 11 heteroatoms. The zero-order valence-corrected chi connectivity index (χ0v) is 15.7. The monoisotopic (exact) mass is 419 g/mol. The number of carbonyl (C=O) groups excluding carboxylic acids is 2. The summed E-state index contributed by atoms with van der Waals surface area (Å²) in [7, 11) is 1.29.